The van der Waals surface area contributed by atoms with Gasteiger partial charge in [-0.05, 0) is 111 Å². The fraction of sp³-hybridized carbons (Fsp3) is 0.575. The second kappa shape index (κ2) is 13.4. The van der Waals surface area contributed by atoms with E-state index in [0.29, 0.717) is 44.7 Å². The van der Waals surface area contributed by atoms with E-state index in [-0.39, 0.29) is 28.7 Å². The van der Waals surface area contributed by atoms with E-state index < -0.39 is 26.3 Å². The van der Waals surface area contributed by atoms with Gasteiger partial charge in [0.15, 0.2) is 0 Å². The number of sulfonamides is 1. The molecule has 3 aliphatic carbocycles. The lowest BCUT2D eigenvalue weighted by atomic mass is 9.64. The Kier molecular flexibility index (Phi) is 9.20. The molecule has 1 amide bonds. The van der Waals surface area contributed by atoms with Gasteiger partial charge in [0.05, 0.1) is 30.3 Å². The monoisotopic (exact) mass is 733 g/mol. The molecule has 2 N–H and O–H groups in total. The lowest BCUT2D eigenvalue weighted by Gasteiger charge is -2.47. The van der Waals surface area contributed by atoms with Crippen molar-refractivity contribution in [3.05, 3.63) is 70.3 Å². The highest BCUT2D eigenvalue weighted by atomic mass is 35.5. The van der Waals surface area contributed by atoms with Crippen LogP contribution in [-0.4, -0.2) is 87.2 Å². The van der Waals surface area contributed by atoms with Gasteiger partial charge in [0.2, 0.25) is 10.0 Å². The Morgan fingerprint density at radius 2 is 1.98 bits per heavy atom. The number of nitrogens with zero attached hydrogens (tertiary/aromatic N) is 2. The number of carbonyl (C=O) groups excluding carboxylic acids is 1. The molecule has 11 heteroatoms. The van der Waals surface area contributed by atoms with Gasteiger partial charge < -0.3 is 19.5 Å². The molecule has 0 unspecified atom stereocenters. The highest BCUT2D eigenvalue weighted by Crippen LogP contribution is 2.53. The van der Waals surface area contributed by atoms with Crippen molar-refractivity contribution in [2.75, 3.05) is 57.4 Å². The maximum atomic E-state index is 13.6. The summed E-state index contributed by atoms with van der Waals surface area (Å²) in [5.41, 5.74) is 1.87. The van der Waals surface area contributed by atoms with Gasteiger partial charge in [0, 0.05) is 61.1 Å². The number of aryl methyl sites for hydroxylation is 1. The Balaban J connectivity index is 1.17. The minimum absolute atomic E-state index is 0.0978. The fourth-order valence-electron chi connectivity index (χ4n) is 9.21. The summed E-state index contributed by atoms with van der Waals surface area (Å²) in [4.78, 5) is 18.3. The standard InChI is InChI=1S/C40H48ClN3O6S/c1-38-24-31(38)7-5-16-40(46,15-2-3-17-43-18-20-49-21-19-43)34-11-8-30(34)25-44-26-39(14-4-6-28-22-32(41)10-12-33(28)39)27-50-36-13-9-29(23-35(36)44)37(45)42-51(38,47)48/h5,9-10,12-13,16,22-23,30-31,34,46H,3-4,6-8,11,14,17-21,24-27H2,1H3,(H,42,45)/b16-5+/t30-,31+,34+,38+,39-,40-/m0/s1. The minimum Gasteiger partial charge on any atom is -0.490 e. The number of hydrogen-bond donors (Lipinski definition) is 2. The quantitative estimate of drug-likeness (QED) is 0.325. The molecule has 51 heavy (non-hydrogen) atoms. The molecular weight excluding hydrogens is 686 g/mol. The number of amides is 1. The van der Waals surface area contributed by atoms with Gasteiger partial charge in [-0.25, -0.2) is 13.1 Å². The summed E-state index contributed by atoms with van der Waals surface area (Å²) in [7, 11) is -3.97. The average Bonchev–Trinajstić information content (AvgIpc) is 3.81. The normalized spacial score (nSPS) is 34.9. The molecule has 6 aliphatic rings. The summed E-state index contributed by atoms with van der Waals surface area (Å²) in [6, 6.07) is 11.4. The summed E-state index contributed by atoms with van der Waals surface area (Å²) in [6.45, 7) is 7.54. The first-order valence-corrected chi connectivity index (χ1v) is 20.4. The first-order valence-electron chi connectivity index (χ1n) is 18.6. The summed E-state index contributed by atoms with van der Waals surface area (Å²) < 4.78 is 40.7. The van der Waals surface area contributed by atoms with Crippen molar-refractivity contribution in [1.29, 1.82) is 0 Å². The summed E-state index contributed by atoms with van der Waals surface area (Å²) in [5, 5.41) is 13.1. The Bertz CT molecular complexity index is 1900. The maximum absolute atomic E-state index is 13.6. The Labute approximate surface area is 306 Å². The van der Waals surface area contributed by atoms with Crippen LogP contribution in [0.2, 0.25) is 5.02 Å². The summed E-state index contributed by atoms with van der Waals surface area (Å²) >= 11 is 6.46. The van der Waals surface area contributed by atoms with E-state index in [9.17, 15) is 18.3 Å². The predicted molar refractivity (Wildman–Crippen MR) is 198 cm³/mol. The van der Waals surface area contributed by atoms with E-state index in [1.54, 1.807) is 25.1 Å². The van der Waals surface area contributed by atoms with Crippen molar-refractivity contribution >= 4 is 33.2 Å². The van der Waals surface area contributed by atoms with Crippen molar-refractivity contribution in [2.45, 2.75) is 74.1 Å². The number of rotatable bonds is 2. The summed E-state index contributed by atoms with van der Waals surface area (Å²) in [6.07, 6.45) is 10.0. The zero-order chi connectivity index (χ0) is 35.4. The largest absolute Gasteiger partial charge is 0.490 e. The van der Waals surface area contributed by atoms with Gasteiger partial charge in [-0.1, -0.05) is 35.6 Å². The number of morpholine rings is 1. The number of benzene rings is 2. The fourth-order valence-corrected chi connectivity index (χ4v) is 11.0. The van der Waals surface area contributed by atoms with Crippen LogP contribution in [-0.2, 0) is 26.6 Å². The third-order valence-electron chi connectivity index (χ3n) is 12.7. The first kappa shape index (κ1) is 35.0. The van der Waals surface area contributed by atoms with Gasteiger partial charge in [0.25, 0.3) is 5.91 Å². The second-order valence-corrected chi connectivity index (χ2v) is 18.4. The number of anilines is 1. The third-order valence-corrected chi connectivity index (χ3v) is 15.1. The van der Waals surface area contributed by atoms with Crippen molar-refractivity contribution in [3.63, 3.8) is 0 Å². The molecule has 0 aromatic heterocycles. The van der Waals surface area contributed by atoms with Crippen LogP contribution in [0.15, 0.2) is 48.6 Å². The minimum atomic E-state index is -3.97. The molecule has 0 radical (unpaired) electrons. The maximum Gasteiger partial charge on any atom is 0.264 e. The number of aliphatic hydroxyl groups is 1. The molecule has 2 saturated carbocycles. The lowest BCUT2D eigenvalue weighted by molar-refractivity contribution is -0.00328. The number of fused-ring (bicyclic) bond motifs is 5. The van der Waals surface area contributed by atoms with E-state index >= 15 is 0 Å². The average molecular weight is 734 g/mol. The molecule has 2 aromatic carbocycles. The molecule has 3 heterocycles. The molecule has 1 saturated heterocycles. The molecule has 3 aliphatic heterocycles. The van der Waals surface area contributed by atoms with E-state index in [0.717, 1.165) is 75.7 Å². The van der Waals surface area contributed by atoms with Crippen molar-refractivity contribution in [3.8, 4) is 17.6 Å². The van der Waals surface area contributed by atoms with E-state index in [1.165, 1.54) is 11.1 Å². The molecule has 2 bridgehead atoms. The Hall–Kier alpha value is -3.07. The van der Waals surface area contributed by atoms with Crippen LogP contribution in [0.5, 0.6) is 5.75 Å². The van der Waals surface area contributed by atoms with Gasteiger partial charge in [-0.2, -0.15) is 0 Å². The zero-order valence-electron chi connectivity index (χ0n) is 29.3. The van der Waals surface area contributed by atoms with Crippen LogP contribution in [0.4, 0.5) is 5.69 Å². The molecule has 9 nitrogen and oxygen atoms in total. The Morgan fingerprint density at radius 1 is 1.14 bits per heavy atom. The highest BCUT2D eigenvalue weighted by molar-refractivity contribution is 7.91. The molecule has 6 atom stereocenters. The van der Waals surface area contributed by atoms with Crippen molar-refractivity contribution in [1.82, 2.24) is 9.62 Å². The van der Waals surface area contributed by atoms with Gasteiger partial charge >= 0.3 is 0 Å². The highest BCUT2D eigenvalue weighted by Gasteiger charge is 2.60. The topological polar surface area (TPSA) is 108 Å². The van der Waals surface area contributed by atoms with Gasteiger partial charge in [0.1, 0.15) is 11.4 Å². The summed E-state index contributed by atoms with van der Waals surface area (Å²) in [5.74, 6) is 6.55. The molecule has 8 rings (SSSR count). The number of nitrogens with one attached hydrogen (secondary N) is 1. The number of halogens is 1. The number of hydrogen-bond acceptors (Lipinski definition) is 8. The number of carbonyl (C=O) groups is 1. The molecule has 2 aromatic rings. The van der Waals surface area contributed by atoms with Crippen LogP contribution in [0, 0.1) is 29.6 Å². The first-order chi connectivity index (χ1) is 24.5. The SMILES string of the molecule is C[C@@]12C[C@H]1C/C=C/[C@@](O)(C#CCCN1CCOCC1)[C@@H]1CC[C@H]1CN1C[C@@]3(CCCc4cc(Cl)ccc43)COc3ccc(cc31)C(=O)NS2(=O)=O. The molecular formula is C40H48ClN3O6S. The zero-order valence-corrected chi connectivity index (χ0v) is 30.9. The third kappa shape index (κ3) is 6.59. The number of ether oxygens (including phenoxy) is 2. The smallest absolute Gasteiger partial charge is 0.264 e. The van der Waals surface area contributed by atoms with Gasteiger partial charge in [-0.15, -0.1) is 0 Å². The Morgan fingerprint density at radius 3 is 2.78 bits per heavy atom. The van der Waals surface area contributed by atoms with Crippen molar-refractivity contribution in [2.24, 2.45) is 17.8 Å². The number of allylic oxidation sites excluding steroid dienone is 1. The van der Waals surface area contributed by atoms with E-state index in [2.05, 4.69) is 38.5 Å². The van der Waals surface area contributed by atoms with Crippen LogP contribution in [0.3, 0.4) is 0 Å². The van der Waals surface area contributed by atoms with Gasteiger partial charge in [-0.3, -0.25) is 9.69 Å². The van der Waals surface area contributed by atoms with E-state index in [1.807, 2.05) is 18.2 Å². The predicted octanol–water partition coefficient (Wildman–Crippen LogP) is 5.09. The lowest BCUT2D eigenvalue weighted by Crippen LogP contribution is -2.52. The van der Waals surface area contributed by atoms with E-state index in [4.69, 9.17) is 21.1 Å². The van der Waals surface area contributed by atoms with Crippen LogP contribution < -0.4 is 14.4 Å². The molecule has 3 fully saturated rings. The van der Waals surface area contributed by atoms with Crippen LogP contribution >= 0.6 is 11.6 Å². The molecule has 1 spiro atoms. The second-order valence-electron chi connectivity index (χ2n) is 15.8. The van der Waals surface area contributed by atoms with Crippen LogP contribution in [0.25, 0.3) is 0 Å². The van der Waals surface area contributed by atoms with Crippen molar-refractivity contribution < 1.29 is 27.8 Å². The van der Waals surface area contributed by atoms with Crippen LogP contribution in [0.1, 0.15) is 73.4 Å². The molecule has 272 valence electrons.